The van der Waals surface area contributed by atoms with E-state index in [1.807, 2.05) is 20.2 Å². The van der Waals surface area contributed by atoms with Crippen molar-refractivity contribution in [1.82, 2.24) is 0 Å². The predicted molar refractivity (Wildman–Crippen MR) is 117 cm³/mol. The van der Waals surface area contributed by atoms with Gasteiger partial charge in [-0.05, 0) is 52.5 Å². The zero-order chi connectivity index (χ0) is 19.7. The summed E-state index contributed by atoms with van der Waals surface area (Å²) < 4.78 is 0. The van der Waals surface area contributed by atoms with E-state index in [0.717, 1.165) is 22.4 Å². The lowest BCUT2D eigenvalue weighted by Gasteiger charge is -2.24. The van der Waals surface area contributed by atoms with Crippen molar-refractivity contribution in [3.8, 4) is 0 Å². The van der Waals surface area contributed by atoms with E-state index in [2.05, 4.69) is 83.7 Å². The topological polar surface area (TPSA) is 35.8 Å². The Kier molecular flexibility index (Phi) is 4.74. The molecule has 0 amide bonds. The highest BCUT2D eigenvalue weighted by atomic mass is 16.4. The Morgan fingerprint density at radius 1 is 0.893 bits per heavy atom. The van der Waals surface area contributed by atoms with Crippen LogP contribution in [0.5, 0.6) is 0 Å². The van der Waals surface area contributed by atoms with Gasteiger partial charge in [0.2, 0.25) is 0 Å². The second kappa shape index (κ2) is 7.35. The highest BCUT2D eigenvalue weighted by molar-refractivity contribution is 5.96. The molecule has 1 aliphatic rings. The molecule has 0 fully saturated rings. The first-order valence-electron chi connectivity index (χ1n) is 9.46. The lowest BCUT2D eigenvalue weighted by atomic mass is 9.82. The van der Waals surface area contributed by atoms with Crippen molar-refractivity contribution < 1.29 is 5.21 Å². The Morgan fingerprint density at radius 2 is 1.61 bits per heavy atom. The van der Waals surface area contributed by atoms with Crippen LogP contribution in [0, 0.1) is 6.92 Å². The van der Waals surface area contributed by atoms with E-state index in [4.69, 9.17) is 0 Å². The third-order valence-electron chi connectivity index (χ3n) is 5.54. The molecule has 0 heterocycles. The van der Waals surface area contributed by atoms with Gasteiger partial charge in [-0.3, -0.25) is 0 Å². The zero-order valence-electron chi connectivity index (χ0n) is 16.4. The summed E-state index contributed by atoms with van der Waals surface area (Å²) in [5.41, 5.74) is 9.36. The van der Waals surface area contributed by atoms with Gasteiger partial charge in [0.15, 0.2) is 0 Å². The number of fused-ring (bicyclic) bond motifs is 1. The average Bonchev–Trinajstić information content (AvgIpc) is 3.09. The number of benzene rings is 3. The maximum Gasteiger partial charge on any atom is 0.0740 e. The maximum atomic E-state index is 9.36. The van der Waals surface area contributed by atoms with Gasteiger partial charge in [-0.15, -0.1) is 0 Å². The van der Waals surface area contributed by atoms with Crippen LogP contribution in [0.2, 0.25) is 0 Å². The third-order valence-corrected chi connectivity index (χ3v) is 5.54. The molecule has 1 N–H and O–H groups in total. The minimum atomic E-state index is 0.0986. The summed E-state index contributed by atoms with van der Waals surface area (Å²) in [6.45, 7) is 2.09. The van der Waals surface area contributed by atoms with E-state index in [9.17, 15) is 5.21 Å². The number of hydrogen-bond acceptors (Lipinski definition) is 3. The summed E-state index contributed by atoms with van der Waals surface area (Å²) >= 11 is 0. The molecule has 0 saturated heterocycles. The summed E-state index contributed by atoms with van der Waals surface area (Å²) in [7, 11) is 4.06. The van der Waals surface area contributed by atoms with E-state index in [-0.39, 0.29) is 5.92 Å². The molecule has 3 aromatic rings. The van der Waals surface area contributed by atoms with Crippen LogP contribution in [0.25, 0.3) is 11.6 Å². The Hall–Kier alpha value is -3.33. The van der Waals surface area contributed by atoms with Gasteiger partial charge in [0.25, 0.3) is 0 Å². The molecule has 1 unspecified atom stereocenters. The molecule has 28 heavy (non-hydrogen) atoms. The molecule has 0 saturated carbocycles. The molecule has 0 aliphatic heterocycles. The highest BCUT2D eigenvalue weighted by Gasteiger charge is 2.30. The van der Waals surface area contributed by atoms with Crippen LogP contribution in [0.15, 0.2) is 71.9 Å². The van der Waals surface area contributed by atoms with Crippen molar-refractivity contribution in [2.45, 2.75) is 12.8 Å². The van der Waals surface area contributed by atoms with E-state index >= 15 is 0 Å². The lowest BCUT2D eigenvalue weighted by molar-refractivity contribution is 0.322. The van der Waals surface area contributed by atoms with Crippen LogP contribution in [0.3, 0.4) is 0 Å². The number of rotatable bonds is 4. The second-order valence-corrected chi connectivity index (χ2v) is 7.38. The molecule has 0 radical (unpaired) electrons. The number of nitrogens with zero attached hydrogens (tertiary/aromatic N) is 2. The molecular formula is C25H24N2O. The quantitative estimate of drug-likeness (QED) is 0.372. The molecule has 140 valence electrons. The molecule has 4 rings (SSSR count). The van der Waals surface area contributed by atoms with Gasteiger partial charge in [-0.2, -0.15) is 0 Å². The van der Waals surface area contributed by atoms with Crippen LogP contribution in [-0.4, -0.2) is 25.5 Å². The van der Waals surface area contributed by atoms with Crippen molar-refractivity contribution in [3.05, 3.63) is 100 Å². The highest BCUT2D eigenvalue weighted by Crippen LogP contribution is 2.47. The van der Waals surface area contributed by atoms with Gasteiger partial charge in [0, 0.05) is 31.3 Å². The van der Waals surface area contributed by atoms with Crippen LogP contribution in [0.1, 0.15) is 39.3 Å². The van der Waals surface area contributed by atoms with E-state index in [0.29, 0.717) is 0 Å². The molecular weight excluding hydrogens is 344 g/mol. The molecule has 1 atom stereocenters. The largest absolute Gasteiger partial charge is 0.411 e. The van der Waals surface area contributed by atoms with Crippen LogP contribution in [-0.2, 0) is 0 Å². The number of hydrogen-bond donors (Lipinski definition) is 1. The molecule has 3 heteroatoms. The zero-order valence-corrected chi connectivity index (χ0v) is 16.4. The van der Waals surface area contributed by atoms with Crippen molar-refractivity contribution in [3.63, 3.8) is 0 Å². The molecule has 3 nitrogen and oxygen atoms in total. The van der Waals surface area contributed by atoms with Gasteiger partial charge in [0.1, 0.15) is 0 Å². The summed E-state index contributed by atoms with van der Waals surface area (Å²) in [5.74, 6) is 0.0986. The van der Waals surface area contributed by atoms with Crippen LogP contribution in [0.4, 0.5) is 5.69 Å². The van der Waals surface area contributed by atoms with Gasteiger partial charge in [-0.25, -0.2) is 0 Å². The van der Waals surface area contributed by atoms with Gasteiger partial charge in [0.05, 0.1) is 6.21 Å². The minimum absolute atomic E-state index is 0.0986. The summed E-state index contributed by atoms with van der Waals surface area (Å²) in [6, 6.07) is 23.4. The summed E-state index contributed by atoms with van der Waals surface area (Å²) in [6.07, 6.45) is 3.85. The lowest BCUT2D eigenvalue weighted by Crippen LogP contribution is -2.14. The molecule has 0 spiro atoms. The first-order chi connectivity index (χ1) is 13.6. The van der Waals surface area contributed by atoms with E-state index in [1.54, 1.807) is 6.21 Å². The average molecular weight is 368 g/mol. The fourth-order valence-corrected chi connectivity index (χ4v) is 4.24. The molecule has 1 aliphatic carbocycles. The summed E-state index contributed by atoms with van der Waals surface area (Å²) in [4.78, 5) is 2.09. The molecule has 3 aromatic carbocycles. The predicted octanol–water partition coefficient (Wildman–Crippen LogP) is 5.56. The molecule has 0 aromatic heterocycles. The van der Waals surface area contributed by atoms with Crippen molar-refractivity contribution in [1.29, 1.82) is 0 Å². The van der Waals surface area contributed by atoms with Gasteiger partial charge >= 0.3 is 0 Å². The maximum absolute atomic E-state index is 9.36. The summed E-state index contributed by atoms with van der Waals surface area (Å²) in [5, 5.41) is 12.8. The smallest absolute Gasteiger partial charge is 0.0740 e. The first kappa shape index (κ1) is 18.1. The van der Waals surface area contributed by atoms with Crippen LogP contribution >= 0.6 is 0 Å². The normalized spacial score (nSPS) is 15.5. The fourth-order valence-electron chi connectivity index (χ4n) is 4.24. The standard InChI is InChI=1S/C25H24N2O/c1-17-23(16-26-28)21(13-14-24(17)27(2)3)25-20-12-8-7-11-19(20)15-22(25)18-9-5-4-6-10-18/h4-16,25,28H,1-3H3/b26-16+. The Balaban J connectivity index is 1.96. The third kappa shape index (κ3) is 2.99. The Morgan fingerprint density at radius 3 is 2.32 bits per heavy atom. The first-order valence-corrected chi connectivity index (χ1v) is 9.46. The molecule has 0 bridgehead atoms. The van der Waals surface area contributed by atoms with Crippen LogP contribution < -0.4 is 4.90 Å². The number of anilines is 1. The van der Waals surface area contributed by atoms with Crippen molar-refractivity contribution in [2.24, 2.45) is 5.16 Å². The van der Waals surface area contributed by atoms with Gasteiger partial charge < -0.3 is 10.1 Å². The van der Waals surface area contributed by atoms with Crippen molar-refractivity contribution in [2.75, 3.05) is 19.0 Å². The number of oxime groups is 1. The fraction of sp³-hybridized carbons (Fsp3) is 0.160. The number of allylic oxidation sites excluding steroid dienone is 1. The van der Waals surface area contributed by atoms with Gasteiger partial charge in [-0.1, -0.05) is 65.8 Å². The van der Waals surface area contributed by atoms with E-state index in [1.165, 1.54) is 22.3 Å². The second-order valence-electron chi connectivity index (χ2n) is 7.38. The SMILES string of the molecule is Cc1c(N(C)C)ccc(C2C(c3ccccc3)=Cc3ccccc32)c1/C=N/O. The van der Waals surface area contributed by atoms with E-state index < -0.39 is 0 Å². The van der Waals surface area contributed by atoms with Crippen molar-refractivity contribution >= 4 is 23.6 Å². The monoisotopic (exact) mass is 368 g/mol. The Labute approximate surface area is 166 Å². The minimum Gasteiger partial charge on any atom is -0.411 e. The Bertz CT molecular complexity index is 1070.